The molecule has 1 unspecified atom stereocenters. The Balaban J connectivity index is 2.32. The van der Waals surface area contributed by atoms with Crippen LogP contribution in [-0.2, 0) is 9.53 Å². The van der Waals surface area contributed by atoms with Crippen molar-refractivity contribution in [3.63, 3.8) is 0 Å². The number of morpholine rings is 1. The second-order valence-corrected chi connectivity index (χ2v) is 4.53. The number of nitrogens with zero attached hydrogens (tertiary/aromatic N) is 1. The van der Waals surface area contributed by atoms with Gasteiger partial charge < -0.3 is 20.5 Å². The minimum Gasteiger partial charge on any atom is -0.479 e. The molecule has 1 fully saturated rings. The summed E-state index contributed by atoms with van der Waals surface area (Å²) in [6.07, 6.45) is -0.880. The molecule has 0 aromatic heterocycles. The second kappa shape index (κ2) is 5.27. The van der Waals surface area contributed by atoms with Gasteiger partial charge in [0.2, 0.25) is 0 Å². The van der Waals surface area contributed by atoms with Gasteiger partial charge in [-0.1, -0.05) is 6.07 Å². The molecule has 6 nitrogen and oxygen atoms in total. The van der Waals surface area contributed by atoms with E-state index in [0.717, 1.165) is 5.56 Å². The Kier molecular flexibility index (Phi) is 3.71. The molecule has 19 heavy (non-hydrogen) atoms. The maximum Gasteiger partial charge on any atom is 0.334 e. The van der Waals surface area contributed by atoms with Crippen LogP contribution in [0.3, 0.4) is 0 Å². The smallest absolute Gasteiger partial charge is 0.334 e. The van der Waals surface area contributed by atoms with Gasteiger partial charge in [0.15, 0.2) is 6.10 Å². The molecule has 1 saturated heterocycles. The fraction of sp³-hybridized carbons (Fsp3) is 0.385. The predicted octanol–water partition coefficient (Wildman–Crippen LogP) is 0.384. The predicted molar refractivity (Wildman–Crippen MR) is 69.3 cm³/mol. The minimum atomic E-state index is -1.00. The van der Waals surface area contributed by atoms with Crippen molar-refractivity contribution in [3.05, 3.63) is 29.3 Å². The zero-order valence-corrected chi connectivity index (χ0v) is 10.6. The van der Waals surface area contributed by atoms with Crippen LogP contribution < -0.4 is 10.6 Å². The number of amides is 1. The van der Waals surface area contributed by atoms with Crippen molar-refractivity contribution in [2.75, 3.05) is 24.6 Å². The van der Waals surface area contributed by atoms with Crippen LogP contribution in [0.15, 0.2) is 18.2 Å². The quantitative estimate of drug-likeness (QED) is 0.823. The number of carbonyl (C=O) groups is 2. The maximum atomic E-state index is 11.4. The Morgan fingerprint density at radius 1 is 1.47 bits per heavy atom. The molecule has 1 amide bonds. The lowest BCUT2D eigenvalue weighted by Gasteiger charge is -2.33. The van der Waals surface area contributed by atoms with E-state index in [1.807, 2.05) is 17.9 Å². The van der Waals surface area contributed by atoms with Crippen molar-refractivity contribution < 1.29 is 19.4 Å². The number of carbonyl (C=O) groups excluding carboxylic acids is 1. The van der Waals surface area contributed by atoms with E-state index in [1.54, 1.807) is 12.1 Å². The molecule has 3 N–H and O–H groups in total. The molecule has 0 aliphatic carbocycles. The molecule has 2 rings (SSSR count). The van der Waals surface area contributed by atoms with Gasteiger partial charge in [-0.15, -0.1) is 0 Å². The van der Waals surface area contributed by atoms with Gasteiger partial charge in [0, 0.05) is 12.2 Å². The van der Waals surface area contributed by atoms with Crippen molar-refractivity contribution in [3.8, 4) is 0 Å². The number of anilines is 1. The number of hydrogen-bond acceptors (Lipinski definition) is 4. The van der Waals surface area contributed by atoms with Crippen molar-refractivity contribution in [2.45, 2.75) is 13.0 Å². The summed E-state index contributed by atoms with van der Waals surface area (Å²) < 4.78 is 5.16. The van der Waals surface area contributed by atoms with Crippen molar-refractivity contribution in [1.29, 1.82) is 0 Å². The first-order valence-corrected chi connectivity index (χ1v) is 5.99. The number of ether oxygens (including phenoxy) is 1. The van der Waals surface area contributed by atoms with Crippen LogP contribution in [-0.4, -0.2) is 42.8 Å². The Bertz CT molecular complexity index is 515. The molecular formula is C13H16N2O4. The standard InChI is InChI=1S/C13H16N2O4/c1-8-2-3-9(12(14)16)10(6-8)15-4-5-19-11(7-15)13(17)18/h2-3,6,11H,4-5,7H2,1H3,(H2,14,16)(H,17,18). The van der Waals surface area contributed by atoms with Gasteiger partial charge >= 0.3 is 5.97 Å². The first kappa shape index (κ1) is 13.4. The summed E-state index contributed by atoms with van der Waals surface area (Å²) in [6.45, 7) is 2.96. The third-order valence-electron chi connectivity index (χ3n) is 3.10. The average molecular weight is 264 g/mol. The molecule has 1 aliphatic rings. The third-order valence-corrected chi connectivity index (χ3v) is 3.10. The number of primary amides is 1. The van der Waals surface area contributed by atoms with Crippen LogP contribution in [0.25, 0.3) is 0 Å². The molecule has 1 aliphatic heterocycles. The SMILES string of the molecule is Cc1ccc(C(N)=O)c(N2CCOC(C(=O)O)C2)c1. The fourth-order valence-corrected chi connectivity index (χ4v) is 2.13. The van der Waals surface area contributed by atoms with E-state index >= 15 is 0 Å². The molecule has 0 spiro atoms. The number of benzene rings is 1. The lowest BCUT2D eigenvalue weighted by Crippen LogP contribution is -2.46. The van der Waals surface area contributed by atoms with E-state index in [0.29, 0.717) is 24.4 Å². The highest BCUT2D eigenvalue weighted by Crippen LogP contribution is 2.24. The average Bonchev–Trinajstić information content (AvgIpc) is 2.38. The Hall–Kier alpha value is -2.08. The van der Waals surface area contributed by atoms with E-state index in [4.69, 9.17) is 15.6 Å². The lowest BCUT2D eigenvalue weighted by molar-refractivity contribution is -0.150. The first-order valence-electron chi connectivity index (χ1n) is 5.99. The van der Waals surface area contributed by atoms with E-state index in [1.165, 1.54) is 0 Å². The fourth-order valence-electron chi connectivity index (χ4n) is 2.13. The van der Waals surface area contributed by atoms with E-state index < -0.39 is 18.0 Å². The molecule has 1 aromatic carbocycles. The highest BCUT2D eigenvalue weighted by atomic mass is 16.5. The topological polar surface area (TPSA) is 92.9 Å². The summed E-state index contributed by atoms with van der Waals surface area (Å²) in [5, 5.41) is 8.99. The number of hydrogen-bond donors (Lipinski definition) is 2. The van der Waals surface area contributed by atoms with Crippen molar-refractivity contribution in [1.82, 2.24) is 0 Å². The maximum absolute atomic E-state index is 11.4. The van der Waals surface area contributed by atoms with Gasteiger partial charge in [0.05, 0.1) is 18.7 Å². The summed E-state index contributed by atoms with van der Waals surface area (Å²) in [5.74, 6) is -1.52. The van der Waals surface area contributed by atoms with Crippen LogP contribution in [0, 0.1) is 6.92 Å². The van der Waals surface area contributed by atoms with Crippen LogP contribution >= 0.6 is 0 Å². The zero-order valence-electron chi connectivity index (χ0n) is 10.6. The first-order chi connectivity index (χ1) is 8.99. The number of aliphatic carboxylic acids is 1. The van der Waals surface area contributed by atoms with Gasteiger partial charge in [0.25, 0.3) is 5.91 Å². The Labute approximate surface area is 110 Å². The molecule has 0 radical (unpaired) electrons. The van der Waals surface area contributed by atoms with Gasteiger partial charge in [-0.2, -0.15) is 0 Å². The molecule has 0 saturated carbocycles. The summed E-state index contributed by atoms with van der Waals surface area (Å²) >= 11 is 0. The van der Waals surface area contributed by atoms with Crippen LogP contribution in [0.5, 0.6) is 0 Å². The number of nitrogens with two attached hydrogens (primary N) is 1. The molecule has 1 heterocycles. The molecule has 6 heteroatoms. The van der Waals surface area contributed by atoms with E-state index in [2.05, 4.69) is 0 Å². The summed E-state index contributed by atoms with van der Waals surface area (Å²) in [6, 6.07) is 5.31. The molecule has 102 valence electrons. The number of carboxylic acids is 1. The number of aryl methyl sites for hydroxylation is 1. The third kappa shape index (κ3) is 2.85. The summed E-state index contributed by atoms with van der Waals surface area (Å²) in [4.78, 5) is 24.2. The van der Waals surface area contributed by atoms with Gasteiger partial charge in [0.1, 0.15) is 0 Å². The monoisotopic (exact) mass is 264 g/mol. The molecule has 1 atom stereocenters. The summed E-state index contributed by atoms with van der Waals surface area (Å²) in [7, 11) is 0. The lowest BCUT2D eigenvalue weighted by atomic mass is 10.1. The normalized spacial score (nSPS) is 19.2. The largest absolute Gasteiger partial charge is 0.479 e. The van der Waals surface area contributed by atoms with E-state index in [-0.39, 0.29) is 6.54 Å². The minimum absolute atomic E-state index is 0.207. The number of carboxylic acid groups (broad SMARTS) is 1. The summed E-state index contributed by atoms with van der Waals surface area (Å²) in [5.41, 5.74) is 7.41. The molecule has 0 bridgehead atoms. The van der Waals surface area contributed by atoms with E-state index in [9.17, 15) is 9.59 Å². The zero-order chi connectivity index (χ0) is 14.0. The highest BCUT2D eigenvalue weighted by molar-refractivity contribution is 5.99. The molecule has 1 aromatic rings. The highest BCUT2D eigenvalue weighted by Gasteiger charge is 2.28. The van der Waals surface area contributed by atoms with Crippen molar-refractivity contribution >= 4 is 17.6 Å². The van der Waals surface area contributed by atoms with Crippen molar-refractivity contribution in [2.24, 2.45) is 5.73 Å². The number of rotatable bonds is 3. The van der Waals surface area contributed by atoms with Crippen LogP contribution in [0.2, 0.25) is 0 Å². The van der Waals surface area contributed by atoms with Crippen LogP contribution in [0.4, 0.5) is 5.69 Å². The second-order valence-electron chi connectivity index (χ2n) is 4.53. The molecular weight excluding hydrogens is 248 g/mol. The van der Waals surface area contributed by atoms with Gasteiger partial charge in [-0.25, -0.2) is 4.79 Å². The van der Waals surface area contributed by atoms with Crippen LogP contribution in [0.1, 0.15) is 15.9 Å². The Morgan fingerprint density at radius 3 is 2.84 bits per heavy atom. The van der Waals surface area contributed by atoms with Gasteiger partial charge in [-0.3, -0.25) is 4.79 Å². The Morgan fingerprint density at radius 2 is 2.21 bits per heavy atom. The van der Waals surface area contributed by atoms with Gasteiger partial charge in [-0.05, 0) is 24.6 Å².